The standard InChI is InChI=1S/C12H23NO3/c1-3-11-9-13(8-10(2)16-11)7-5-4-6-12(14)15/h10-11H,3-9H2,1-2H3,(H,14,15). The zero-order valence-corrected chi connectivity index (χ0v) is 10.3. The third kappa shape index (κ3) is 4.94. The minimum absolute atomic E-state index is 0.289. The summed E-state index contributed by atoms with van der Waals surface area (Å²) >= 11 is 0. The van der Waals surface area contributed by atoms with Gasteiger partial charge in [0.1, 0.15) is 0 Å². The van der Waals surface area contributed by atoms with Crippen molar-refractivity contribution >= 4 is 5.97 Å². The van der Waals surface area contributed by atoms with E-state index in [9.17, 15) is 4.79 Å². The molecule has 0 radical (unpaired) electrons. The fourth-order valence-corrected chi connectivity index (χ4v) is 2.16. The lowest BCUT2D eigenvalue weighted by atomic mass is 10.1. The van der Waals surface area contributed by atoms with Gasteiger partial charge in [-0.15, -0.1) is 0 Å². The van der Waals surface area contributed by atoms with Gasteiger partial charge in [-0.05, 0) is 32.7 Å². The predicted octanol–water partition coefficient (Wildman–Crippen LogP) is 1.74. The molecule has 1 rings (SSSR count). The third-order valence-corrected chi connectivity index (χ3v) is 2.97. The van der Waals surface area contributed by atoms with Crippen molar-refractivity contribution in [2.24, 2.45) is 0 Å². The number of ether oxygens (including phenoxy) is 1. The summed E-state index contributed by atoms with van der Waals surface area (Å²) in [5, 5.41) is 8.54. The first-order valence-electron chi connectivity index (χ1n) is 6.21. The Hall–Kier alpha value is -0.610. The highest BCUT2D eigenvalue weighted by Crippen LogP contribution is 2.14. The van der Waals surface area contributed by atoms with E-state index in [2.05, 4.69) is 18.7 Å². The van der Waals surface area contributed by atoms with Crippen molar-refractivity contribution in [3.8, 4) is 0 Å². The van der Waals surface area contributed by atoms with Crippen LogP contribution in [0.3, 0.4) is 0 Å². The number of hydrogen-bond donors (Lipinski definition) is 1. The van der Waals surface area contributed by atoms with Crippen molar-refractivity contribution in [1.29, 1.82) is 0 Å². The molecule has 1 N–H and O–H groups in total. The highest BCUT2D eigenvalue weighted by atomic mass is 16.5. The molecule has 0 aromatic heterocycles. The number of rotatable bonds is 6. The second kappa shape index (κ2) is 6.86. The van der Waals surface area contributed by atoms with E-state index in [0.29, 0.717) is 12.2 Å². The van der Waals surface area contributed by atoms with Gasteiger partial charge in [0, 0.05) is 19.5 Å². The zero-order valence-electron chi connectivity index (χ0n) is 10.3. The van der Waals surface area contributed by atoms with E-state index >= 15 is 0 Å². The molecule has 1 aliphatic heterocycles. The van der Waals surface area contributed by atoms with Gasteiger partial charge >= 0.3 is 5.97 Å². The Kier molecular flexibility index (Phi) is 5.77. The Labute approximate surface area is 97.6 Å². The molecular formula is C12H23NO3. The Bertz CT molecular complexity index is 220. The van der Waals surface area contributed by atoms with Crippen LogP contribution in [-0.2, 0) is 9.53 Å². The first kappa shape index (κ1) is 13.5. The fraction of sp³-hybridized carbons (Fsp3) is 0.917. The molecule has 4 heteroatoms. The Balaban J connectivity index is 2.18. The van der Waals surface area contributed by atoms with Crippen LogP contribution in [0.2, 0.25) is 0 Å². The van der Waals surface area contributed by atoms with Crippen molar-refractivity contribution in [3.05, 3.63) is 0 Å². The second-order valence-electron chi connectivity index (χ2n) is 4.59. The number of carboxylic acids is 1. The van der Waals surface area contributed by atoms with E-state index in [4.69, 9.17) is 9.84 Å². The lowest BCUT2D eigenvalue weighted by Gasteiger charge is -2.36. The first-order valence-corrected chi connectivity index (χ1v) is 6.21. The van der Waals surface area contributed by atoms with E-state index < -0.39 is 5.97 Å². The van der Waals surface area contributed by atoms with Gasteiger partial charge in [0.25, 0.3) is 0 Å². The van der Waals surface area contributed by atoms with Crippen LogP contribution in [0, 0.1) is 0 Å². The third-order valence-electron chi connectivity index (χ3n) is 2.97. The molecule has 1 heterocycles. The summed E-state index contributed by atoms with van der Waals surface area (Å²) in [5.74, 6) is -0.693. The lowest BCUT2D eigenvalue weighted by molar-refractivity contribution is -0.137. The van der Waals surface area contributed by atoms with Gasteiger partial charge in [0.2, 0.25) is 0 Å². The SMILES string of the molecule is CCC1CN(CCCCC(=O)O)CC(C)O1. The van der Waals surface area contributed by atoms with Gasteiger partial charge in [-0.3, -0.25) is 9.69 Å². The molecule has 2 unspecified atom stereocenters. The molecule has 94 valence electrons. The lowest BCUT2D eigenvalue weighted by Crippen LogP contribution is -2.46. The van der Waals surface area contributed by atoms with Crippen LogP contribution in [0.15, 0.2) is 0 Å². The van der Waals surface area contributed by atoms with Gasteiger partial charge in [-0.2, -0.15) is 0 Å². The zero-order chi connectivity index (χ0) is 12.0. The molecule has 0 aliphatic carbocycles. The summed E-state index contributed by atoms with van der Waals surface area (Å²) < 4.78 is 5.77. The van der Waals surface area contributed by atoms with Crippen LogP contribution in [0.25, 0.3) is 0 Å². The summed E-state index contributed by atoms with van der Waals surface area (Å²) in [6.07, 6.45) is 3.74. The summed E-state index contributed by atoms with van der Waals surface area (Å²) in [7, 11) is 0. The maximum atomic E-state index is 10.4. The quantitative estimate of drug-likeness (QED) is 0.705. The van der Waals surface area contributed by atoms with E-state index in [-0.39, 0.29) is 6.42 Å². The molecule has 1 saturated heterocycles. The summed E-state index contributed by atoms with van der Waals surface area (Å²) in [6, 6.07) is 0. The monoisotopic (exact) mass is 229 g/mol. The average molecular weight is 229 g/mol. The van der Waals surface area contributed by atoms with E-state index in [1.165, 1.54) is 0 Å². The van der Waals surface area contributed by atoms with Crippen molar-refractivity contribution in [1.82, 2.24) is 4.90 Å². The Morgan fingerprint density at radius 2 is 2.19 bits per heavy atom. The summed E-state index contributed by atoms with van der Waals surface area (Å²) in [5.41, 5.74) is 0. The molecule has 0 aromatic carbocycles. The van der Waals surface area contributed by atoms with Gasteiger partial charge in [-0.1, -0.05) is 6.92 Å². The minimum atomic E-state index is -0.693. The number of carbonyl (C=O) groups is 1. The van der Waals surface area contributed by atoms with E-state index in [1.54, 1.807) is 0 Å². The smallest absolute Gasteiger partial charge is 0.303 e. The largest absolute Gasteiger partial charge is 0.481 e. The van der Waals surface area contributed by atoms with E-state index in [1.807, 2.05) is 0 Å². The van der Waals surface area contributed by atoms with E-state index in [0.717, 1.165) is 38.9 Å². The second-order valence-corrected chi connectivity index (χ2v) is 4.59. The maximum absolute atomic E-state index is 10.4. The summed E-state index contributed by atoms with van der Waals surface area (Å²) in [4.78, 5) is 12.8. The average Bonchev–Trinajstić information content (AvgIpc) is 2.23. The molecular weight excluding hydrogens is 206 g/mol. The molecule has 1 aliphatic rings. The van der Waals surface area contributed by atoms with Gasteiger partial charge in [-0.25, -0.2) is 0 Å². The molecule has 4 nitrogen and oxygen atoms in total. The number of aliphatic carboxylic acids is 1. The topological polar surface area (TPSA) is 49.8 Å². The fourth-order valence-electron chi connectivity index (χ4n) is 2.16. The van der Waals surface area contributed by atoms with Crippen LogP contribution in [0.4, 0.5) is 0 Å². The molecule has 1 fully saturated rings. The first-order chi connectivity index (χ1) is 7.61. The van der Waals surface area contributed by atoms with Gasteiger partial charge in [0.15, 0.2) is 0 Å². The Morgan fingerprint density at radius 1 is 1.44 bits per heavy atom. The molecule has 0 saturated carbocycles. The molecule has 0 spiro atoms. The Morgan fingerprint density at radius 3 is 2.81 bits per heavy atom. The van der Waals surface area contributed by atoms with Crippen molar-refractivity contribution in [3.63, 3.8) is 0 Å². The number of morpholine rings is 1. The summed E-state index contributed by atoms with van der Waals surface area (Å²) in [6.45, 7) is 7.21. The molecule has 2 atom stereocenters. The number of unbranched alkanes of at least 4 members (excludes halogenated alkanes) is 1. The maximum Gasteiger partial charge on any atom is 0.303 e. The van der Waals surface area contributed by atoms with Crippen molar-refractivity contribution in [2.45, 2.75) is 51.7 Å². The molecule has 16 heavy (non-hydrogen) atoms. The number of hydrogen-bond acceptors (Lipinski definition) is 3. The van der Waals surface area contributed by atoms with Crippen LogP contribution >= 0.6 is 0 Å². The van der Waals surface area contributed by atoms with Gasteiger partial charge < -0.3 is 9.84 Å². The number of carboxylic acid groups (broad SMARTS) is 1. The molecule has 0 amide bonds. The van der Waals surface area contributed by atoms with Gasteiger partial charge in [0.05, 0.1) is 12.2 Å². The highest BCUT2D eigenvalue weighted by Gasteiger charge is 2.23. The van der Waals surface area contributed by atoms with Crippen LogP contribution < -0.4 is 0 Å². The number of nitrogens with zero attached hydrogens (tertiary/aromatic N) is 1. The molecule has 0 bridgehead atoms. The van der Waals surface area contributed by atoms with Crippen molar-refractivity contribution < 1.29 is 14.6 Å². The minimum Gasteiger partial charge on any atom is -0.481 e. The highest BCUT2D eigenvalue weighted by molar-refractivity contribution is 5.66. The predicted molar refractivity (Wildman–Crippen MR) is 62.6 cm³/mol. The van der Waals surface area contributed by atoms with Crippen LogP contribution in [-0.4, -0.2) is 47.8 Å². The van der Waals surface area contributed by atoms with Crippen molar-refractivity contribution in [2.75, 3.05) is 19.6 Å². The van der Waals surface area contributed by atoms with Crippen LogP contribution in [0.5, 0.6) is 0 Å². The van der Waals surface area contributed by atoms with Crippen LogP contribution in [0.1, 0.15) is 39.5 Å². The molecule has 0 aromatic rings. The normalized spacial score (nSPS) is 26.9.